The Bertz CT molecular complexity index is 1260. The van der Waals surface area contributed by atoms with Crippen LogP contribution in [0.1, 0.15) is 30.5 Å². The first-order valence-electron chi connectivity index (χ1n) is 10.9. The van der Waals surface area contributed by atoms with Crippen LogP contribution in [0.5, 0.6) is 5.75 Å². The van der Waals surface area contributed by atoms with Gasteiger partial charge in [0.15, 0.2) is 6.61 Å². The van der Waals surface area contributed by atoms with Crippen LogP contribution in [-0.4, -0.2) is 28.9 Å². The number of carbonyl (C=O) groups excluding carboxylic acids is 2. The van der Waals surface area contributed by atoms with Crippen LogP contribution in [0.2, 0.25) is 5.02 Å². The maximum Gasteiger partial charge on any atom is 0.258 e. The zero-order valence-electron chi connectivity index (χ0n) is 18.5. The third kappa shape index (κ3) is 4.40. The van der Waals surface area contributed by atoms with Gasteiger partial charge < -0.3 is 15.4 Å². The van der Waals surface area contributed by atoms with Crippen molar-refractivity contribution in [2.45, 2.75) is 38.3 Å². The van der Waals surface area contributed by atoms with Crippen molar-refractivity contribution in [2.75, 3.05) is 6.61 Å². The second-order valence-electron chi connectivity index (χ2n) is 9.20. The molecule has 6 rings (SSSR count). The molecule has 1 heterocycles. The summed E-state index contributed by atoms with van der Waals surface area (Å²) in [6.45, 7) is 2.20. The topological polar surface area (TPSA) is 80.3 Å². The molecular formula is C25H23ClFN3O3S. The van der Waals surface area contributed by atoms with E-state index in [4.69, 9.17) is 16.3 Å². The smallest absolute Gasteiger partial charge is 0.258 e. The predicted octanol–water partition coefficient (Wildman–Crippen LogP) is 4.65. The molecule has 2 N–H and O–H groups in total. The molecular weight excluding hydrogens is 477 g/mol. The average Bonchev–Trinajstić information content (AvgIpc) is 3.23. The van der Waals surface area contributed by atoms with Crippen molar-refractivity contribution >= 4 is 34.8 Å². The average molecular weight is 500 g/mol. The van der Waals surface area contributed by atoms with E-state index in [9.17, 15) is 14.0 Å². The molecule has 6 nitrogen and oxygen atoms in total. The van der Waals surface area contributed by atoms with E-state index in [1.807, 2.05) is 30.5 Å². The molecule has 2 bridgehead atoms. The van der Waals surface area contributed by atoms with Crippen molar-refractivity contribution in [1.82, 2.24) is 15.6 Å². The van der Waals surface area contributed by atoms with Crippen molar-refractivity contribution in [1.29, 1.82) is 0 Å². The van der Waals surface area contributed by atoms with Crippen LogP contribution in [0, 0.1) is 18.2 Å². The number of halogens is 2. The van der Waals surface area contributed by atoms with E-state index in [0.29, 0.717) is 25.8 Å². The van der Waals surface area contributed by atoms with Crippen LogP contribution >= 0.6 is 22.9 Å². The van der Waals surface area contributed by atoms with E-state index in [0.717, 1.165) is 22.3 Å². The predicted molar refractivity (Wildman–Crippen MR) is 128 cm³/mol. The third-order valence-corrected chi connectivity index (χ3v) is 7.67. The van der Waals surface area contributed by atoms with Gasteiger partial charge in [0.05, 0.1) is 22.7 Å². The summed E-state index contributed by atoms with van der Waals surface area (Å²) < 4.78 is 18.8. The van der Waals surface area contributed by atoms with Gasteiger partial charge in [0.1, 0.15) is 16.6 Å². The first-order valence-corrected chi connectivity index (χ1v) is 12.2. The van der Waals surface area contributed by atoms with Gasteiger partial charge in [0.25, 0.3) is 5.91 Å². The summed E-state index contributed by atoms with van der Waals surface area (Å²) in [5, 5.41) is 8.86. The highest BCUT2D eigenvalue weighted by Crippen LogP contribution is 2.67. The molecule has 0 spiro atoms. The summed E-state index contributed by atoms with van der Waals surface area (Å²) >= 11 is 7.21. The Hall–Kier alpha value is -2.97. The molecule has 1 aromatic heterocycles. The van der Waals surface area contributed by atoms with Crippen LogP contribution in [0.15, 0.2) is 47.8 Å². The number of thiazole rings is 1. The highest BCUT2D eigenvalue weighted by atomic mass is 35.5. The molecule has 3 aromatic rings. The van der Waals surface area contributed by atoms with E-state index < -0.39 is 11.2 Å². The standard InChI is InChI=1S/C25H23ClFN3O3S/c1-15-3-2-4-16(7-15)22-29-17(11-34-22)9-28-23(32)24-12-25(13-24,14-24)30-21(31)10-33-18-5-6-19(26)20(27)8-18/h2-8,11H,9-10,12-14H2,1H3,(H,28,32)(H,30,31). The highest BCUT2D eigenvalue weighted by molar-refractivity contribution is 7.13. The summed E-state index contributed by atoms with van der Waals surface area (Å²) in [5.41, 5.74) is 2.33. The van der Waals surface area contributed by atoms with Crippen LogP contribution in [-0.2, 0) is 16.1 Å². The first-order chi connectivity index (χ1) is 16.3. The molecule has 3 fully saturated rings. The van der Waals surface area contributed by atoms with E-state index in [-0.39, 0.29) is 34.7 Å². The maximum absolute atomic E-state index is 13.5. The lowest BCUT2D eigenvalue weighted by molar-refractivity contribution is -0.184. The number of rotatable bonds is 8. The molecule has 2 amide bonds. The van der Waals surface area contributed by atoms with E-state index >= 15 is 0 Å². The molecule has 3 saturated carbocycles. The zero-order valence-corrected chi connectivity index (χ0v) is 20.1. The summed E-state index contributed by atoms with van der Waals surface area (Å²) in [7, 11) is 0. The minimum atomic E-state index is -0.601. The number of carbonyl (C=O) groups is 2. The van der Waals surface area contributed by atoms with Crippen molar-refractivity contribution in [3.8, 4) is 16.3 Å². The lowest BCUT2D eigenvalue weighted by Crippen LogP contribution is -2.78. The van der Waals surface area contributed by atoms with Gasteiger partial charge in [0, 0.05) is 22.5 Å². The number of amides is 2. The molecule has 176 valence electrons. The van der Waals surface area contributed by atoms with Crippen LogP contribution < -0.4 is 15.4 Å². The molecule has 2 aromatic carbocycles. The summed E-state index contributed by atoms with van der Waals surface area (Å²) in [6.07, 6.45) is 1.83. The fourth-order valence-electron chi connectivity index (χ4n) is 4.87. The first kappa shape index (κ1) is 22.8. The van der Waals surface area contributed by atoms with Gasteiger partial charge in [-0.3, -0.25) is 9.59 Å². The molecule has 3 aliphatic carbocycles. The van der Waals surface area contributed by atoms with E-state index in [1.54, 1.807) is 11.3 Å². The van der Waals surface area contributed by atoms with Crippen molar-refractivity contribution in [3.63, 3.8) is 0 Å². The second kappa shape index (κ2) is 8.67. The minimum Gasteiger partial charge on any atom is -0.484 e. The Labute approximate surface area is 205 Å². The van der Waals surface area contributed by atoms with Gasteiger partial charge in [0.2, 0.25) is 5.91 Å². The van der Waals surface area contributed by atoms with Crippen molar-refractivity contribution < 1.29 is 18.7 Å². The molecule has 3 aliphatic rings. The number of aromatic nitrogens is 1. The molecule has 0 aliphatic heterocycles. The van der Waals surface area contributed by atoms with Crippen LogP contribution in [0.3, 0.4) is 0 Å². The normalized spacial score (nSPS) is 22.3. The molecule has 0 saturated heterocycles. The Morgan fingerprint density at radius 3 is 2.74 bits per heavy atom. The van der Waals surface area contributed by atoms with Gasteiger partial charge in [-0.2, -0.15) is 0 Å². The Morgan fingerprint density at radius 2 is 2.00 bits per heavy atom. The largest absolute Gasteiger partial charge is 0.484 e. The van der Waals surface area contributed by atoms with E-state index in [1.165, 1.54) is 17.7 Å². The maximum atomic E-state index is 13.5. The summed E-state index contributed by atoms with van der Waals surface area (Å²) in [5.74, 6) is -0.661. The van der Waals surface area contributed by atoms with Gasteiger partial charge >= 0.3 is 0 Å². The molecule has 0 atom stereocenters. The summed E-state index contributed by atoms with van der Waals surface area (Å²) in [6, 6.07) is 12.2. The lowest BCUT2D eigenvalue weighted by atomic mass is 9.39. The van der Waals surface area contributed by atoms with Gasteiger partial charge in [-0.05, 0) is 44.4 Å². The van der Waals surface area contributed by atoms with Gasteiger partial charge in [-0.15, -0.1) is 11.3 Å². The zero-order chi connectivity index (χ0) is 23.9. The number of aryl methyl sites for hydroxylation is 1. The minimum absolute atomic E-state index is 0.00150. The quantitative estimate of drug-likeness (QED) is 0.473. The van der Waals surface area contributed by atoms with Crippen molar-refractivity contribution in [3.05, 3.63) is 69.9 Å². The molecule has 9 heteroatoms. The molecule has 0 unspecified atom stereocenters. The Balaban J connectivity index is 1.07. The SMILES string of the molecule is Cc1cccc(-c2nc(CNC(=O)C34CC(NC(=O)COc5ccc(Cl)c(F)c5)(C3)C4)cs2)c1. The number of hydrogen-bond acceptors (Lipinski definition) is 5. The van der Waals surface area contributed by atoms with Crippen LogP contribution in [0.4, 0.5) is 4.39 Å². The molecule has 0 radical (unpaired) electrons. The molecule has 34 heavy (non-hydrogen) atoms. The number of hydrogen-bond donors (Lipinski definition) is 2. The van der Waals surface area contributed by atoms with Crippen molar-refractivity contribution in [2.24, 2.45) is 5.41 Å². The second-order valence-corrected chi connectivity index (χ2v) is 10.5. The van der Waals surface area contributed by atoms with Gasteiger partial charge in [-0.1, -0.05) is 35.4 Å². The van der Waals surface area contributed by atoms with E-state index in [2.05, 4.69) is 21.7 Å². The highest BCUT2D eigenvalue weighted by Gasteiger charge is 2.72. The number of nitrogens with one attached hydrogen (secondary N) is 2. The monoisotopic (exact) mass is 499 g/mol. The Morgan fingerprint density at radius 1 is 1.21 bits per heavy atom. The van der Waals surface area contributed by atoms with Gasteiger partial charge in [-0.25, -0.2) is 9.37 Å². The third-order valence-electron chi connectivity index (χ3n) is 6.42. The fourth-order valence-corrected chi connectivity index (χ4v) is 5.80. The number of nitrogens with zero attached hydrogens (tertiary/aromatic N) is 1. The number of benzene rings is 2. The fraction of sp³-hybridized carbons (Fsp3) is 0.320. The Kier molecular flexibility index (Phi) is 5.81. The van der Waals surface area contributed by atoms with Crippen LogP contribution in [0.25, 0.3) is 10.6 Å². The number of ether oxygens (including phenoxy) is 1. The lowest BCUT2D eigenvalue weighted by Gasteiger charge is -2.69. The summed E-state index contributed by atoms with van der Waals surface area (Å²) in [4.78, 5) is 29.7.